The second-order valence-corrected chi connectivity index (χ2v) is 4.48. The molecule has 2 aromatic rings. The number of hydrogen-bond acceptors (Lipinski definition) is 2. The molecule has 0 aliphatic heterocycles. The zero-order valence-corrected chi connectivity index (χ0v) is 11.1. The molecule has 20 heavy (non-hydrogen) atoms. The van der Waals surface area contributed by atoms with Crippen molar-refractivity contribution in [1.29, 1.82) is 0 Å². The fraction of sp³-hybridized carbons (Fsp3) is 0.133. The third kappa shape index (κ3) is 3.40. The van der Waals surface area contributed by atoms with E-state index in [4.69, 9.17) is 16.3 Å². The van der Waals surface area contributed by atoms with E-state index >= 15 is 0 Å². The highest BCUT2D eigenvalue weighted by atomic mass is 35.5. The molecule has 0 radical (unpaired) electrons. The number of halogens is 3. The molecule has 0 N–H and O–H groups in total. The number of ether oxygens (including phenoxy) is 1. The Kier molecular flexibility index (Phi) is 4.82. The van der Waals surface area contributed by atoms with E-state index in [1.165, 1.54) is 6.07 Å². The summed E-state index contributed by atoms with van der Waals surface area (Å²) < 4.78 is 32.2. The van der Waals surface area contributed by atoms with Crippen molar-refractivity contribution >= 4 is 16.8 Å². The minimum atomic E-state index is -1.06. The number of rotatable bonds is 5. The van der Waals surface area contributed by atoms with Crippen LogP contribution in [0.1, 0.15) is 17.2 Å². The number of benzene rings is 2. The minimum Gasteiger partial charge on any atom is -0.359 e. The summed E-state index contributed by atoms with van der Waals surface area (Å²) in [6.45, 7) is -0.378. The van der Waals surface area contributed by atoms with Gasteiger partial charge < -0.3 is 4.74 Å². The molecule has 1 atom stereocenters. The first-order valence-electron chi connectivity index (χ1n) is 5.88. The monoisotopic (exact) mass is 296 g/mol. The summed E-state index contributed by atoms with van der Waals surface area (Å²) in [4.78, 5) is 11.4. The fourth-order valence-electron chi connectivity index (χ4n) is 1.76. The summed E-state index contributed by atoms with van der Waals surface area (Å²) >= 11 is 5.47. The van der Waals surface area contributed by atoms with Gasteiger partial charge in [-0.15, -0.1) is 0 Å². The van der Waals surface area contributed by atoms with Gasteiger partial charge in [-0.2, -0.15) is 0 Å². The van der Waals surface area contributed by atoms with Crippen LogP contribution in [0.15, 0.2) is 48.5 Å². The maximum Gasteiger partial charge on any atom is 0.255 e. The molecule has 0 fully saturated rings. The summed E-state index contributed by atoms with van der Waals surface area (Å²) in [5, 5.41) is -0.743. The average molecular weight is 297 g/mol. The molecule has 0 saturated carbocycles. The Morgan fingerprint density at radius 3 is 2.20 bits per heavy atom. The molecule has 0 heterocycles. The Labute approximate surface area is 119 Å². The van der Waals surface area contributed by atoms with Gasteiger partial charge in [0.15, 0.2) is 6.10 Å². The first-order chi connectivity index (χ1) is 9.59. The van der Waals surface area contributed by atoms with Crippen molar-refractivity contribution in [3.05, 3.63) is 71.3 Å². The molecule has 0 aliphatic carbocycles. The molecule has 5 heteroatoms. The van der Waals surface area contributed by atoms with Crippen LogP contribution in [-0.2, 0) is 16.1 Å². The minimum absolute atomic E-state index is 0.230. The van der Waals surface area contributed by atoms with Crippen molar-refractivity contribution < 1.29 is 18.3 Å². The lowest BCUT2D eigenvalue weighted by atomic mass is 10.1. The van der Waals surface area contributed by atoms with Crippen molar-refractivity contribution in [1.82, 2.24) is 0 Å². The predicted molar refractivity (Wildman–Crippen MR) is 71.2 cm³/mol. The van der Waals surface area contributed by atoms with Crippen molar-refractivity contribution in [3.63, 3.8) is 0 Å². The molecule has 104 valence electrons. The molecular weight excluding hydrogens is 286 g/mol. The Morgan fingerprint density at radius 2 is 1.65 bits per heavy atom. The summed E-state index contributed by atoms with van der Waals surface area (Å²) in [6.07, 6.45) is -1.06. The van der Waals surface area contributed by atoms with Gasteiger partial charge in [-0.1, -0.05) is 36.4 Å². The molecule has 1 unspecified atom stereocenters. The zero-order chi connectivity index (χ0) is 14.5. The highest BCUT2D eigenvalue weighted by Crippen LogP contribution is 2.23. The second kappa shape index (κ2) is 6.59. The van der Waals surface area contributed by atoms with Gasteiger partial charge in [0, 0.05) is 5.56 Å². The summed E-state index contributed by atoms with van der Waals surface area (Å²) in [5.41, 5.74) is 0.301. The number of hydrogen-bond donors (Lipinski definition) is 0. The Hall–Kier alpha value is -1.78. The SMILES string of the molecule is O=C(Cl)C(OCc1c(F)cccc1F)c1ccccc1. The van der Waals surface area contributed by atoms with Gasteiger partial charge in [-0.25, -0.2) is 8.78 Å². The van der Waals surface area contributed by atoms with Crippen LogP contribution >= 0.6 is 11.6 Å². The summed E-state index contributed by atoms with van der Waals surface area (Å²) in [5.74, 6) is -1.45. The number of carbonyl (C=O) groups excluding carboxylic acids is 1. The topological polar surface area (TPSA) is 26.3 Å². The summed E-state index contributed by atoms with van der Waals surface area (Å²) in [6, 6.07) is 12.0. The first kappa shape index (κ1) is 14.6. The summed E-state index contributed by atoms with van der Waals surface area (Å²) in [7, 11) is 0. The molecule has 0 aromatic heterocycles. The van der Waals surface area contributed by atoms with Gasteiger partial charge in [0.05, 0.1) is 6.61 Å². The first-order valence-corrected chi connectivity index (χ1v) is 6.26. The zero-order valence-electron chi connectivity index (χ0n) is 10.4. The average Bonchev–Trinajstić information content (AvgIpc) is 2.43. The van der Waals surface area contributed by atoms with Gasteiger partial charge in [0.25, 0.3) is 5.24 Å². The van der Waals surface area contributed by atoms with Gasteiger partial charge in [-0.05, 0) is 29.3 Å². The molecular formula is C15H11ClF2O2. The number of carbonyl (C=O) groups is 1. The van der Waals surface area contributed by atoms with E-state index in [1.807, 2.05) is 0 Å². The van der Waals surface area contributed by atoms with E-state index in [0.29, 0.717) is 5.56 Å². The third-order valence-corrected chi connectivity index (χ3v) is 2.96. The van der Waals surface area contributed by atoms with Crippen LogP contribution < -0.4 is 0 Å². The van der Waals surface area contributed by atoms with E-state index in [2.05, 4.69) is 0 Å². The molecule has 2 rings (SSSR count). The van der Waals surface area contributed by atoms with Crippen LogP contribution in [0.25, 0.3) is 0 Å². The lowest BCUT2D eigenvalue weighted by Gasteiger charge is -2.15. The standard InChI is InChI=1S/C15H11ClF2O2/c16-15(19)14(10-5-2-1-3-6-10)20-9-11-12(17)7-4-8-13(11)18/h1-8,14H,9H2. The molecule has 2 aromatic carbocycles. The molecule has 0 spiro atoms. The van der Waals surface area contributed by atoms with Crippen LogP contribution in [0.2, 0.25) is 0 Å². The van der Waals surface area contributed by atoms with Gasteiger partial charge in [0.2, 0.25) is 0 Å². The third-order valence-electron chi connectivity index (χ3n) is 2.76. The largest absolute Gasteiger partial charge is 0.359 e. The van der Waals surface area contributed by atoms with Gasteiger partial charge >= 0.3 is 0 Å². The van der Waals surface area contributed by atoms with Crippen molar-refractivity contribution in [2.24, 2.45) is 0 Å². The molecule has 0 aliphatic rings. The van der Waals surface area contributed by atoms with E-state index < -0.39 is 23.0 Å². The second-order valence-electron chi connectivity index (χ2n) is 4.11. The van der Waals surface area contributed by atoms with Crippen LogP contribution in [-0.4, -0.2) is 5.24 Å². The Morgan fingerprint density at radius 1 is 1.05 bits per heavy atom. The van der Waals surface area contributed by atoms with Crippen molar-refractivity contribution in [2.75, 3.05) is 0 Å². The van der Waals surface area contributed by atoms with Gasteiger partial charge in [0.1, 0.15) is 11.6 Å². The van der Waals surface area contributed by atoms with E-state index in [9.17, 15) is 13.6 Å². The normalized spacial score (nSPS) is 12.2. The lowest BCUT2D eigenvalue weighted by molar-refractivity contribution is -0.123. The predicted octanol–water partition coefficient (Wildman–Crippen LogP) is 3.99. The Balaban J connectivity index is 2.17. The molecule has 0 bridgehead atoms. The van der Waals surface area contributed by atoms with E-state index in [1.54, 1.807) is 30.3 Å². The highest BCUT2D eigenvalue weighted by molar-refractivity contribution is 6.64. The van der Waals surface area contributed by atoms with Crippen LogP contribution in [0, 0.1) is 11.6 Å². The maximum atomic E-state index is 13.5. The van der Waals surface area contributed by atoms with Crippen molar-refractivity contribution in [2.45, 2.75) is 12.7 Å². The van der Waals surface area contributed by atoms with Crippen LogP contribution in [0.3, 0.4) is 0 Å². The van der Waals surface area contributed by atoms with E-state index in [0.717, 1.165) is 12.1 Å². The molecule has 2 nitrogen and oxygen atoms in total. The van der Waals surface area contributed by atoms with E-state index in [-0.39, 0.29) is 12.2 Å². The van der Waals surface area contributed by atoms with Crippen LogP contribution in [0.5, 0.6) is 0 Å². The van der Waals surface area contributed by atoms with Gasteiger partial charge in [-0.3, -0.25) is 4.79 Å². The highest BCUT2D eigenvalue weighted by Gasteiger charge is 2.20. The lowest BCUT2D eigenvalue weighted by Crippen LogP contribution is -2.12. The smallest absolute Gasteiger partial charge is 0.255 e. The fourth-order valence-corrected chi connectivity index (χ4v) is 1.95. The van der Waals surface area contributed by atoms with Crippen molar-refractivity contribution in [3.8, 4) is 0 Å². The van der Waals surface area contributed by atoms with Crippen LogP contribution in [0.4, 0.5) is 8.78 Å². The quantitative estimate of drug-likeness (QED) is 0.780. The Bertz CT molecular complexity index is 582. The maximum absolute atomic E-state index is 13.5. The molecule has 0 saturated heterocycles. The molecule has 0 amide bonds.